The maximum atomic E-state index is 12.9. The van der Waals surface area contributed by atoms with E-state index in [2.05, 4.69) is 38.5 Å². The molecule has 8 N–H and O–H groups in total. The number of carbonyl (C=O) groups excluding carboxylic acids is 7. The van der Waals surface area contributed by atoms with Crippen molar-refractivity contribution in [3.8, 4) is 0 Å². The Hall–Kier alpha value is -4.29. The summed E-state index contributed by atoms with van der Waals surface area (Å²) in [7, 11) is 0. The molecule has 3 saturated heterocycles. The number of carbonyl (C=O) groups is 7. The Morgan fingerprint density at radius 2 is 1.10 bits per heavy atom. The third kappa shape index (κ3) is 23.8. The van der Waals surface area contributed by atoms with E-state index in [1.165, 1.54) is 0 Å². The summed E-state index contributed by atoms with van der Waals surface area (Å²) in [6, 6.07) is 0. The van der Waals surface area contributed by atoms with Crippen molar-refractivity contribution in [2.24, 2.45) is 0 Å². The summed E-state index contributed by atoms with van der Waals surface area (Å²) in [4.78, 5) is 91.2. The van der Waals surface area contributed by atoms with Gasteiger partial charge in [-0.2, -0.15) is 0 Å². The number of aliphatic hydroxyl groups excluding tert-OH is 2. The molecular weight excluding hydrogens is 828 g/mol. The molecule has 358 valence electrons. The van der Waals surface area contributed by atoms with E-state index in [9.17, 15) is 43.8 Å². The Morgan fingerprint density at radius 3 is 1.60 bits per heavy atom. The van der Waals surface area contributed by atoms with Gasteiger partial charge in [0.15, 0.2) is 12.6 Å². The Kier molecular flexibility index (Phi) is 26.6. The number of nitrogens with one attached hydrogen (secondary N) is 6. The summed E-state index contributed by atoms with van der Waals surface area (Å²) < 4.78 is 22.1. The number of unbranched alkanes of at least 4 members (excludes halogenated alkanes) is 5. The minimum Gasteiger partial charge on any atom is -0.388 e. The van der Waals surface area contributed by atoms with Crippen LogP contribution in [0.2, 0.25) is 0 Å². The highest BCUT2D eigenvalue weighted by molar-refractivity contribution is 6.01. The summed E-state index contributed by atoms with van der Waals surface area (Å²) in [6.07, 6.45) is 4.93. The van der Waals surface area contributed by atoms with E-state index >= 15 is 0 Å². The Balaban J connectivity index is 1.20. The quantitative estimate of drug-likeness (QED) is 0.0267. The normalized spacial score (nSPS) is 20.0. The van der Waals surface area contributed by atoms with Gasteiger partial charge in [0.1, 0.15) is 12.2 Å². The molecule has 4 atom stereocenters. The molecule has 0 radical (unpaired) electrons. The minimum atomic E-state index is -0.721. The van der Waals surface area contributed by atoms with E-state index in [4.69, 9.17) is 23.8 Å². The molecule has 3 aliphatic heterocycles. The van der Waals surface area contributed by atoms with Gasteiger partial charge < -0.3 is 60.6 Å². The molecule has 3 heterocycles. The van der Waals surface area contributed by atoms with Crippen molar-refractivity contribution in [2.75, 3.05) is 91.9 Å². The van der Waals surface area contributed by atoms with E-state index in [-0.39, 0.29) is 95.4 Å². The Labute approximate surface area is 369 Å². The van der Waals surface area contributed by atoms with Crippen LogP contribution in [0, 0.1) is 0 Å². The molecule has 0 spiro atoms. The van der Waals surface area contributed by atoms with Gasteiger partial charge in [-0.05, 0) is 51.4 Å². The van der Waals surface area contributed by atoms with Gasteiger partial charge in [0.05, 0.1) is 39.4 Å². The van der Waals surface area contributed by atoms with Gasteiger partial charge in [0, 0.05) is 77.4 Å². The smallest absolute Gasteiger partial charge is 0.333 e. The minimum absolute atomic E-state index is 0.0176. The second-order valence-corrected chi connectivity index (χ2v) is 15.6. The number of amides is 6. The summed E-state index contributed by atoms with van der Waals surface area (Å²) in [5, 5.41) is 37.7. The number of hydrogen-bond acceptors (Lipinski definition) is 17. The molecule has 6 amide bonds. The molecule has 0 aliphatic carbocycles. The zero-order chi connectivity index (χ0) is 45.7. The van der Waals surface area contributed by atoms with Gasteiger partial charge in [-0.1, -0.05) is 25.8 Å². The number of nitrogens with zero attached hydrogens (tertiary/aromatic N) is 2. The second kappa shape index (κ2) is 31.5. The van der Waals surface area contributed by atoms with Crippen LogP contribution < -0.4 is 31.9 Å². The van der Waals surface area contributed by atoms with Crippen molar-refractivity contribution in [2.45, 2.75) is 115 Å². The number of rotatable bonds is 33. The lowest BCUT2D eigenvalue weighted by Gasteiger charge is -2.28. The average Bonchev–Trinajstić information content (AvgIpc) is 3.56. The molecule has 0 aromatic carbocycles. The van der Waals surface area contributed by atoms with Crippen LogP contribution in [0.15, 0.2) is 12.3 Å². The number of hydroxylamine groups is 2. The maximum absolute atomic E-state index is 12.9. The number of imide groups is 1. The molecular formula is C41H70N8O14. The van der Waals surface area contributed by atoms with Gasteiger partial charge >= 0.3 is 5.97 Å². The van der Waals surface area contributed by atoms with E-state index in [0.29, 0.717) is 82.3 Å². The highest BCUT2D eigenvalue weighted by atomic mass is 16.7. The summed E-state index contributed by atoms with van der Waals surface area (Å²) in [6.45, 7) is 7.39. The third-order valence-corrected chi connectivity index (χ3v) is 9.99. The Bertz CT molecular complexity index is 1400. The predicted molar refractivity (Wildman–Crippen MR) is 224 cm³/mol. The van der Waals surface area contributed by atoms with Crippen molar-refractivity contribution < 1.29 is 67.6 Å². The van der Waals surface area contributed by atoms with Crippen LogP contribution >= 0.6 is 0 Å². The van der Waals surface area contributed by atoms with E-state index < -0.39 is 42.6 Å². The van der Waals surface area contributed by atoms with Crippen LogP contribution in [0.5, 0.6) is 0 Å². The van der Waals surface area contributed by atoms with Crippen LogP contribution in [0.25, 0.3) is 0 Å². The molecule has 22 nitrogen and oxygen atoms in total. The fraction of sp³-hybridized carbons (Fsp3) is 0.780. The monoisotopic (exact) mass is 899 g/mol. The van der Waals surface area contributed by atoms with Gasteiger partial charge in [-0.25, -0.2) is 4.79 Å². The van der Waals surface area contributed by atoms with Crippen LogP contribution in [-0.4, -0.2) is 178 Å². The molecule has 0 aromatic heterocycles. The van der Waals surface area contributed by atoms with Gasteiger partial charge in [0.25, 0.3) is 11.8 Å². The molecule has 0 bridgehead atoms. The van der Waals surface area contributed by atoms with Crippen LogP contribution in [0.4, 0.5) is 0 Å². The number of ether oxygens (including phenoxy) is 4. The van der Waals surface area contributed by atoms with Crippen molar-refractivity contribution in [1.29, 1.82) is 0 Å². The molecule has 3 aliphatic rings. The van der Waals surface area contributed by atoms with Crippen molar-refractivity contribution >= 4 is 41.4 Å². The van der Waals surface area contributed by atoms with Crippen molar-refractivity contribution in [3.05, 3.63) is 12.3 Å². The first-order chi connectivity index (χ1) is 30.4. The molecule has 0 aromatic rings. The summed E-state index contributed by atoms with van der Waals surface area (Å²) in [5.41, 5.74) is 0.572. The highest BCUT2D eigenvalue weighted by Gasteiger charge is 2.32. The first kappa shape index (κ1) is 53.1. The second-order valence-electron chi connectivity index (χ2n) is 15.6. The Morgan fingerprint density at radius 1 is 0.635 bits per heavy atom. The van der Waals surface area contributed by atoms with Crippen LogP contribution in [-0.2, 0) is 57.3 Å². The fourth-order valence-corrected chi connectivity index (χ4v) is 6.65. The summed E-state index contributed by atoms with van der Waals surface area (Å²) in [5.74, 6) is -2.77. The summed E-state index contributed by atoms with van der Waals surface area (Å²) >= 11 is 0. The van der Waals surface area contributed by atoms with Crippen molar-refractivity contribution in [3.63, 3.8) is 0 Å². The van der Waals surface area contributed by atoms with Crippen LogP contribution in [0.3, 0.4) is 0 Å². The molecule has 63 heavy (non-hydrogen) atoms. The van der Waals surface area contributed by atoms with E-state index in [0.717, 1.165) is 38.5 Å². The number of hydrogen-bond donors (Lipinski definition) is 8. The average molecular weight is 899 g/mol. The topological polar surface area (TPSA) is 285 Å². The van der Waals surface area contributed by atoms with Gasteiger partial charge in [-0.3, -0.25) is 39.0 Å². The molecule has 3 fully saturated rings. The zero-order valence-electron chi connectivity index (χ0n) is 36.5. The number of aliphatic hydroxyl groups is 2. The van der Waals surface area contributed by atoms with E-state index in [1.54, 1.807) is 4.90 Å². The molecule has 4 unspecified atom stereocenters. The highest BCUT2D eigenvalue weighted by Crippen LogP contribution is 2.16. The van der Waals surface area contributed by atoms with E-state index in [1.807, 2.05) is 0 Å². The largest absolute Gasteiger partial charge is 0.388 e. The molecule has 22 heteroatoms. The first-order valence-corrected chi connectivity index (χ1v) is 22.2. The van der Waals surface area contributed by atoms with Gasteiger partial charge in [-0.15, -0.1) is 5.06 Å². The zero-order valence-corrected chi connectivity index (χ0v) is 36.5. The lowest BCUT2D eigenvalue weighted by Crippen LogP contribution is -2.45. The third-order valence-electron chi connectivity index (χ3n) is 9.99. The predicted octanol–water partition coefficient (Wildman–Crippen LogP) is -1.80. The standard InChI is InChI=1S/C41H70N8O14/c1-30(43-19-23-61-40-31(50)11-9-21-59-40)27-48(29-36(55)47-20-24-62-41-32(51)12-10-22-60-41)28-35(54)46-18-7-3-2-6-16-44-33(52)25-42-26-34(53)45-17-8-4-5-13-39(58)63-49-37(56)14-15-38(49)57/h31-32,40-43,50-51H,1-29H2,(H,44,52)(H,45,53)(H,46,54)(H,47,55). The lowest BCUT2D eigenvalue weighted by atomic mass is 10.1. The molecule has 3 rings (SSSR count). The lowest BCUT2D eigenvalue weighted by molar-refractivity contribution is -0.213. The first-order valence-electron chi connectivity index (χ1n) is 22.2. The maximum Gasteiger partial charge on any atom is 0.333 e. The SMILES string of the molecule is C=C(CN(CC(=O)NCCCCCCNC(=O)CNCC(=O)NCCCCCC(=O)ON1C(=O)CCC1=O)CC(=O)NCCOC1OCCCC1O)NCCOC1OCCCC1O. The van der Waals surface area contributed by atoms with Crippen LogP contribution in [0.1, 0.15) is 89.9 Å². The molecule has 0 saturated carbocycles. The van der Waals surface area contributed by atoms with Crippen molar-refractivity contribution in [1.82, 2.24) is 41.9 Å². The fourth-order valence-electron chi connectivity index (χ4n) is 6.65. The van der Waals surface area contributed by atoms with Gasteiger partial charge in [0.2, 0.25) is 23.6 Å².